The molecule has 1 aromatic carbocycles. The summed E-state index contributed by atoms with van der Waals surface area (Å²) in [6.07, 6.45) is 4.51. The third-order valence-corrected chi connectivity index (χ3v) is 8.49. The third kappa shape index (κ3) is 3.19. The lowest BCUT2D eigenvalue weighted by Crippen LogP contribution is -2.66. The summed E-state index contributed by atoms with van der Waals surface area (Å²) in [5, 5.41) is 5.40. The van der Waals surface area contributed by atoms with E-state index in [-0.39, 0.29) is 17.9 Å². The maximum atomic E-state index is 14.0. The molecule has 2 amide bonds. The van der Waals surface area contributed by atoms with Gasteiger partial charge in [-0.15, -0.1) is 11.3 Å². The summed E-state index contributed by atoms with van der Waals surface area (Å²) in [5.74, 6) is 0.284. The molecule has 1 aliphatic heterocycles. The van der Waals surface area contributed by atoms with Gasteiger partial charge in [-0.1, -0.05) is 31.9 Å². The molecule has 32 heavy (non-hydrogen) atoms. The van der Waals surface area contributed by atoms with Crippen molar-refractivity contribution in [2.24, 2.45) is 5.92 Å². The normalized spacial score (nSPS) is 25.8. The zero-order valence-electron chi connectivity index (χ0n) is 19.3. The predicted molar refractivity (Wildman–Crippen MR) is 131 cm³/mol. The summed E-state index contributed by atoms with van der Waals surface area (Å²) in [5.41, 5.74) is 3.63. The number of nitrogens with one attached hydrogen (secondary N) is 1. The molecule has 1 aliphatic carbocycles. The van der Waals surface area contributed by atoms with Gasteiger partial charge in [0, 0.05) is 11.7 Å². The van der Waals surface area contributed by atoms with Crippen molar-refractivity contribution in [2.45, 2.75) is 71.5 Å². The van der Waals surface area contributed by atoms with Gasteiger partial charge in [0.2, 0.25) is 5.91 Å². The van der Waals surface area contributed by atoms with Crippen molar-refractivity contribution < 1.29 is 9.59 Å². The second-order valence-electron chi connectivity index (χ2n) is 9.76. The average molecular weight is 450 g/mol. The summed E-state index contributed by atoms with van der Waals surface area (Å²) in [7, 11) is 0. The molecular formula is C26H31N3O2S. The summed E-state index contributed by atoms with van der Waals surface area (Å²) < 4.78 is 3.12. The highest BCUT2D eigenvalue weighted by Crippen LogP contribution is 2.39. The van der Waals surface area contributed by atoms with E-state index < -0.39 is 5.54 Å². The molecule has 1 N–H and O–H groups in total. The SMILES string of the molecule is Cc1cccc(N2C(=O)c3cc4sccc4n3C[C@]2(C)C(=O)N[C@@H]2CCCC[C@H]2C)c1C. The number of anilines is 1. The molecule has 0 spiro atoms. The molecule has 1 saturated carbocycles. The Balaban J connectivity index is 1.63. The van der Waals surface area contributed by atoms with Crippen molar-refractivity contribution in [1.29, 1.82) is 0 Å². The molecule has 1 fully saturated rings. The van der Waals surface area contributed by atoms with E-state index in [1.165, 1.54) is 6.42 Å². The molecule has 168 valence electrons. The summed E-state index contributed by atoms with van der Waals surface area (Å²) in [6, 6.07) is 10.2. The van der Waals surface area contributed by atoms with E-state index in [1.807, 2.05) is 61.1 Å². The minimum atomic E-state index is -1.02. The Morgan fingerprint density at radius 3 is 2.75 bits per heavy atom. The number of carbonyl (C=O) groups excluding carboxylic acids is 2. The van der Waals surface area contributed by atoms with E-state index in [1.54, 1.807) is 16.2 Å². The van der Waals surface area contributed by atoms with Crippen molar-refractivity contribution in [1.82, 2.24) is 9.88 Å². The lowest BCUT2D eigenvalue weighted by Gasteiger charge is -2.45. The summed E-state index contributed by atoms with van der Waals surface area (Å²) in [6.45, 7) is 8.67. The quantitative estimate of drug-likeness (QED) is 0.579. The third-order valence-electron chi connectivity index (χ3n) is 7.64. The number of rotatable bonds is 3. The minimum Gasteiger partial charge on any atom is -0.351 e. The van der Waals surface area contributed by atoms with E-state index in [0.29, 0.717) is 18.2 Å². The highest BCUT2D eigenvalue weighted by molar-refractivity contribution is 7.17. The maximum Gasteiger partial charge on any atom is 0.275 e. The van der Waals surface area contributed by atoms with Gasteiger partial charge in [-0.2, -0.15) is 0 Å². The average Bonchev–Trinajstić information content (AvgIpc) is 3.35. The largest absolute Gasteiger partial charge is 0.351 e. The number of aryl methyl sites for hydroxylation is 1. The van der Waals surface area contributed by atoms with Crippen LogP contribution in [0.5, 0.6) is 0 Å². The molecule has 5 nitrogen and oxygen atoms in total. The number of benzene rings is 1. The number of thiophene rings is 1. The molecule has 0 saturated heterocycles. The van der Waals surface area contributed by atoms with Gasteiger partial charge >= 0.3 is 0 Å². The van der Waals surface area contributed by atoms with Gasteiger partial charge in [-0.3, -0.25) is 14.5 Å². The monoisotopic (exact) mass is 449 g/mol. The van der Waals surface area contributed by atoms with Gasteiger partial charge in [-0.05, 0) is 74.2 Å². The Hall–Kier alpha value is -2.60. The number of hydrogen-bond acceptors (Lipinski definition) is 3. The zero-order valence-corrected chi connectivity index (χ0v) is 20.1. The fraction of sp³-hybridized carbons (Fsp3) is 0.462. The Labute approximate surface area is 193 Å². The van der Waals surface area contributed by atoms with Crippen LogP contribution in [-0.4, -0.2) is 28.0 Å². The van der Waals surface area contributed by atoms with Gasteiger partial charge in [0.1, 0.15) is 11.2 Å². The molecule has 6 heteroatoms. The Kier molecular flexibility index (Phi) is 5.16. The maximum absolute atomic E-state index is 14.0. The topological polar surface area (TPSA) is 54.3 Å². The van der Waals surface area contributed by atoms with E-state index in [2.05, 4.69) is 12.2 Å². The number of amides is 2. The van der Waals surface area contributed by atoms with E-state index in [0.717, 1.165) is 46.3 Å². The molecule has 5 rings (SSSR count). The highest BCUT2D eigenvalue weighted by Gasteiger charge is 2.49. The van der Waals surface area contributed by atoms with Crippen LogP contribution in [0.3, 0.4) is 0 Å². The number of fused-ring (bicyclic) bond motifs is 3. The van der Waals surface area contributed by atoms with Crippen LogP contribution in [0.15, 0.2) is 35.7 Å². The first-order chi connectivity index (χ1) is 15.3. The van der Waals surface area contributed by atoms with Crippen molar-refractivity contribution >= 4 is 39.1 Å². The number of aromatic nitrogens is 1. The van der Waals surface area contributed by atoms with Gasteiger partial charge < -0.3 is 9.88 Å². The van der Waals surface area contributed by atoms with Crippen LogP contribution < -0.4 is 10.2 Å². The standard InChI is InChI=1S/C26H31N3O2S/c1-16-9-7-11-20(18(16)3)29-24(30)22-14-23-21(12-13-32-23)28(22)15-26(29,4)25(31)27-19-10-6-5-8-17(19)2/h7,9,11-14,17,19H,5-6,8,10,15H2,1-4H3,(H,27,31)/t17-,19-,26-/m1/s1. The first-order valence-electron chi connectivity index (χ1n) is 11.6. The molecule has 0 radical (unpaired) electrons. The lowest BCUT2D eigenvalue weighted by atomic mass is 9.84. The highest BCUT2D eigenvalue weighted by atomic mass is 32.1. The predicted octanol–water partition coefficient (Wildman–Crippen LogP) is 5.43. The van der Waals surface area contributed by atoms with Crippen molar-refractivity contribution in [2.75, 3.05) is 4.90 Å². The zero-order chi connectivity index (χ0) is 22.6. The molecule has 3 aromatic rings. The summed E-state index contributed by atoms with van der Waals surface area (Å²) >= 11 is 1.63. The fourth-order valence-corrected chi connectivity index (χ4v) is 6.25. The van der Waals surface area contributed by atoms with E-state index >= 15 is 0 Å². The molecule has 0 bridgehead atoms. The second kappa shape index (κ2) is 7.77. The van der Waals surface area contributed by atoms with E-state index in [4.69, 9.17) is 0 Å². The Bertz CT molecular complexity index is 1210. The van der Waals surface area contributed by atoms with Crippen LogP contribution in [0.4, 0.5) is 5.69 Å². The molecule has 3 heterocycles. The number of nitrogens with zero attached hydrogens (tertiary/aromatic N) is 2. The fourth-order valence-electron chi connectivity index (χ4n) is 5.42. The van der Waals surface area contributed by atoms with Crippen molar-refractivity contribution in [3.63, 3.8) is 0 Å². The molecule has 2 aliphatic rings. The smallest absolute Gasteiger partial charge is 0.275 e. The van der Waals surface area contributed by atoms with Gasteiger partial charge in [0.15, 0.2) is 0 Å². The first-order valence-corrected chi connectivity index (χ1v) is 12.5. The van der Waals surface area contributed by atoms with Gasteiger partial charge in [0.25, 0.3) is 5.91 Å². The van der Waals surface area contributed by atoms with E-state index in [9.17, 15) is 9.59 Å². The Morgan fingerprint density at radius 1 is 1.19 bits per heavy atom. The molecular weight excluding hydrogens is 418 g/mol. The second-order valence-corrected chi connectivity index (χ2v) is 10.7. The van der Waals surface area contributed by atoms with Gasteiger partial charge in [0.05, 0.1) is 16.8 Å². The number of carbonyl (C=O) groups is 2. The van der Waals surface area contributed by atoms with Crippen molar-refractivity contribution in [3.8, 4) is 0 Å². The summed E-state index contributed by atoms with van der Waals surface area (Å²) in [4.78, 5) is 29.7. The van der Waals surface area contributed by atoms with Crippen LogP contribution in [0.2, 0.25) is 0 Å². The lowest BCUT2D eigenvalue weighted by molar-refractivity contribution is -0.127. The molecule has 2 aromatic heterocycles. The van der Waals surface area contributed by atoms with Crippen LogP contribution >= 0.6 is 11.3 Å². The molecule has 3 atom stereocenters. The number of hydrogen-bond donors (Lipinski definition) is 1. The van der Waals surface area contributed by atoms with Crippen LogP contribution in [0.25, 0.3) is 10.2 Å². The van der Waals surface area contributed by atoms with Crippen LogP contribution in [0, 0.1) is 19.8 Å². The minimum absolute atomic E-state index is 0.0618. The van der Waals surface area contributed by atoms with Crippen LogP contribution in [0.1, 0.15) is 61.1 Å². The first kappa shape index (κ1) is 21.3. The van der Waals surface area contributed by atoms with Gasteiger partial charge in [-0.25, -0.2) is 0 Å². The van der Waals surface area contributed by atoms with Crippen molar-refractivity contribution in [3.05, 3.63) is 52.5 Å². The van der Waals surface area contributed by atoms with Crippen LogP contribution in [-0.2, 0) is 11.3 Å². The molecule has 0 unspecified atom stereocenters. The Morgan fingerprint density at radius 2 is 1.97 bits per heavy atom.